The van der Waals surface area contributed by atoms with Gasteiger partial charge in [-0.2, -0.15) is 5.26 Å². The first-order valence-electron chi connectivity index (χ1n) is 4.15. The second-order valence-electron chi connectivity index (χ2n) is 3.38. The highest BCUT2D eigenvalue weighted by Crippen LogP contribution is 2.17. The van der Waals surface area contributed by atoms with Crippen LogP contribution in [0.3, 0.4) is 0 Å². The van der Waals surface area contributed by atoms with E-state index < -0.39 is 0 Å². The molecule has 0 aliphatic rings. The zero-order chi connectivity index (χ0) is 8.91. The fourth-order valence-electron chi connectivity index (χ4n) is 0.901. The van der Waals surface area contributed by atoms with Crippen LogP contribution < -0.4 is 0 Å². The van der Waals surface area contributed by atoms with Crippen LogP contribution in [0, 0.1) is 11.3 Å². The number of hydrogen-bond donors (Lipinski definition) is 0. The first-order chi connectivity index (χ1) is 5.06. The third-order valence-corrected chi connectivity index (χ3v) is 2.25. The Hall–Kier alpha value is -0.550. The zero-order valence-electron chi connectivity index (χ0n) is 8.02. The number of hydrogen-bond acceptors (Lipinski definition) is 2. The topological polar surface area (TPSA) is 27.0 Å². The molecule has 0 bridgehead atoms. The third kappa shape index (κ3) is 2.90. The molecule has 0 saturated carbocycles. The summed E-state index contributed by atoms with van der Waals surface area (Å²) in [6.45, 7) is 4.14. The number of nitriles is 1. The summed E-state index contributed by atoms with van der Waals surface area (Å²) < 4.78 is 0. The fourth-order valence-corrected chi connectivity index (χ4v) is 0.901. The lowest BCUT2D eigenvalue weighted by Crippen LogP contribution is -2.39. The van der Waals surface area contributed by atoms with E-state index in [1.54, 1.807) is 0 Å². The zero-order valence-corrected chi connectivity index (χ0v) is 8.02. The van der Waals surface area contributed by atoms with E-state index in [1.165, 1.54) is 0 Å². The molecule has 2 heteroatoms. The highest BCUT2D eigenvalue weighted by atomic mass is 15.1. The minimum absolute atomic E-state index is 0.268. The maximum absolute atomic E-state index is 8.89. The van der Waals surface area contributed by atoms with E-state index in [2.05, 4.69) is 13.0 Å². The van der Waals surface area contributed by atoms with Crippen LogP contribution in [0.4, 0.5) is 0 Å². The second kappa shape index (κ2) is 4.35. The van der Waals surface area contributed by atoms with Gasteiger partial charge in [0.2, 0.25) is 0 Å². The average Bonchev–Trinajstić information content (AvgIpc) is 2.00. The summed E-state index contributed by atoms with van der Waals surface area (Å²) in [6.07, 6.45) is 3.25. The van der Waals surface area contributed by atoms with Gasteiger partial charge in [-0.25, -0.2) is 0 Å². The summed E-state index contributed by atoms with van der Waals surface area (Å²) in [5.41, 5.74) is -0.268. The average molecular weight is 154 g/mol. The van der Waals surface area contributed by atoms with Crippen molar-refractivity contribution in [3.63, 3.8) is 0 Å². The van der Waals surface area contributed by atoms with Gasteiger partial charge in [0.1, 0.15) is 5.54 Å². The van der Waals surface area contributed by atoms with Crippen molar-refractivity contribution in [3.8, 4) is 6.07 Å². The van der Waals surface area contributed by atoms with Gasteiger partial charge in [-0.15, -0.1) is 0 Å². The number of rotatable bonds is 4. The van der Waals surface area contributed by atoms with Gasteiger partial charge in [0, 0.05) is 0 Å². The van der Waals surface area contributed by atoms with Gasteiger partial charge in [0.15, 0.2) is 0 Å². The van der Waals surface area contributed by atoms with Crippen molar-refractivity contribution < 1.29 is 0 Å². The minimum atomic E-state index is -0.268. The smallest absolute Gasteiger partial charge is 0.105 e. The van der Waals surface area contributed by atoms with Crippen molar-refractivity contribution in [3.05, 3.63) is 0 Å². The van der Waals surface area contributed by atoms with Crippen molar-refractivity contribution in [1.29, 1.82) is 5.26 Å². The predicted molar refractivity (Wildman–Crippen MR) is 47.2 cm³/mol. The molecule has 64 valence electrons. The van der Waals surface area contributed by atoms with E-state index >= 15 is 0 Å². The molecule has 1 unspecified atom stereocenters. The Labute approximate surface area is 69.8 Å². The molecule has 0 fully saturated rings. The van der Waals surface area contributed by atoms with Crippen molar-refractivity contribution in [2.45, 2.75) is 38.6 Å². The Balaban J connectivity index is 4.03. The Morgan fingerprint density at radius 3 is 2.27 bits per heavy atom. The molecule has 0 spiro atoms. The van der Waals surface area contributed by atoms with Gasteiger partial charge >= 0.3 is 0 Å². The van der Waals surface area contributed by atoms with E-state index in [0.29, 0.717) is 0 Å². The summed E-state index contributed by atoms with van der Waals surface area (Å²) in [4.78, 5) is 1.99. The van der Waals surface area contributed by atoms with Crippen molar-refractivity contribution in [2.24, 2.45) is 0 Å². The van der Waals surface area contributed by atoms with Crippen LogP contribution in [-0.4, -0.2) is 24.5 Å². The highest BCUT2D eigenvalue weighted by molar-refractivity contribution is 5.03. The molecule has 0 heterocycles. The molecular formula is C9H18N2. The summed E-state index contributed by atoms with van der Waals surface area (Å²) in [5.74, 6) is 0. The molecule has 0 amide bonds. The quantitative estimate of drug-likeness (QED) is 0.619. The van der Waals surface area contributed by atoms with Crippen molar-refractivity contribution in [2.75, 3.05) is 14.1 Å². The molecule has 0 radical (unpaired) electrons. The Morgan fingerprint density at radius 1 is 1.45 bits per heavy atom. The van der Waals surface area contributed by atoms with Crippen LogP contribution in [0.1, 0.15) is 33.1 Å². The van der Waals surface area contributed by atoms with E-state index in [0.717, 1.165) is 19.3 Å². The maximum atomic E-state index is 8.89. The Kier molecular flexibility index (Phi) is 4.14. The van der Waals surface area contributed by atoms with Crippen molar-refractivity contribution in [1.82, 2.24) is 4.90 Å². The SMILES string of the molecule is CCCCC(C)(C#N)N(C)C. The van der Waals surface area contributed by atoms with E-state index in [1.807, 2.05) is 25.9 Å². The molecule has 11 heavy (non-hydrogen) atoms. The van der Waals surface area contributed by atoms with Gasteiger partial charge in [-0.1, -0.05) is 19.8 Å². The van der Waals surface area contributed by atoms with Gasteiger partial charge in [0.25, 0.3) is 0 Å². The lowest BCUT2D eigenvalue weighted by Gasteiger charge is -2.29. The Bertz CT molecular complexity index is 146. The first kappa shape index (κ1) is 10.4. The molecule has 2 nitrogen and oxygen atoms in total. The van der Waals surface area contributed by atoms with Crippen LogP contribution in [0.25, 0.3) is 0 Å². The van der Waals surface area contributed by atoms with E-state index in [9.17, 15) is 0 Å². The fraction of sp³-hybridized carbons (Fsp3) is 0.889. The standard InChI is InChI=1S/C9H18N2/c1-5-6-7-9(2,8-10)11(3)4/h5-7H2,1-4H3. The number of nitrogens with zero attached hydrogens (tertiary/aromatic N) is 2. The summed E-state index contributed by atoms with van der Waals surface area (Å²) >= 11 is 0. The normalized spacial score (nSPS) is 16.0. The maximum Gasteiger partial charge on any atom is 0.105 e. The lowest BCUT2D eigenvalue weighted by molar-refractivity contribution is 0.219. The molecule has 0 aromatic heterocycles. The number of unbranched alkanes of at least 4 members (excludes halogenated alkanes) is 1. The van der Waals surface area contributed by atoms with Crippen LogP contribution in [0.15, 0.2) is 0 Å². The molecule has 0 saturated heterocycles. The van der Waals surface area contributed by atoms with Crippen molar-refractivity contribution >= 4 is 0 Å². The van der Waals surface area contributed by atoms with Gasteiger partial charge in [-0.3, -0.25) is 4.90 Å². The third-order valence-electron chi connectivity index (χ3n) is 2.25. The summed E-state index contributed by atoms with van der Waals surface area (Å²) in [5, 5.41) is 8.89. The summed E-state index contributed by atoms with van der Waals surface area (Å²) in [6, 6.07) is 2.34. The molecule has 0 aliphatic carbocycles. The van der Waals surface area contributed by atoms with E-state index in [-0.39, 0.29) is 5.54 Å². The second-order valence-corrected chi connectivity index (χ2v) is 3.38. The lowest BCUT2D eigenvalue weighted by atomic mass is 9.96. The molecule has 0 rings (SSSR count). The first-order valence-corrected chi connectivity index (χ1v) is 4.15. The van der Waals surface area contributed by atoms with Crippen LogP contribution >= 0.6 is 0 Å². The molecule has 1 atom stereocenters. The highest BCUT2D eigenvalue weighted by Gasteiger charge is 2.24. The molecular weight excluding hydrogens is 136 g/mol. The molecule has 0 aromatic rings. The Morgan fingerprint density at radius 2 is 2.00 bits per heavy atom. The summed E-state index contributed by atoms with van der Waals surface area (Å²) in [7, 11) is 3.91. The van der Waals surface area contributed by atoms with Crippen LogP contribution in [-0.2, 0) is 0 Å². The molecule has 0 aromatic carbocycles. The molecule has 0 N–H and O–H groups in total. The minimum Gasteiger partial charge on any atom is -0.292 e. The predicted octanol–water partition coefficient (Wildman–Crippen LogP) is 2.02. The van der Waals surface area contributed by atoms with Gasteiger partial charge in [-0.05, 0) is 27.4 Å². The van der Waals surface area contributed by atoms with E-state index in [4.69, 9.17) is 5.26 Å². The van der Waals surface area contributed by atoms with Crippen LogP contribution in [0.2, 0.25) is 0 Å². The van der Waals surface area contributed by atoms with Crippen LogP contribution in [0.5, 0.6) is 0 Å². The largest absolute Gasteiger partial charge is 0.292 e. The van der Waals surface area contributed by atoms with Gasteiger partial charge in [0.05, 0.1) is 6.07 Å². The molecule has 0 aliphatic heterocycles. The van der Waals surface area contributed by atoms with Gasteiger partial charge < -0.3 is 0 Å². The monoisotopic (exact) mass is 154 g/mol.